The molecule has 0 saturated heterocycles. The third kappa shape index (κ3) is 2.88. The summed E-state index contributed by atoms with van der Waals surface area (Å²) >= 11 is 8.82. The van der Waals surface area contributed by atoms with E-state index in [1.54, 1.807) is 0 Å². The van der Waals surface area contributed by atoms with E-state index in [1.165, 1.54) is 15.8 Å². The molecule has 1 aromatic heterocycles. The van der Waals surface area contributed by atoms with Gasteiger partial charge in [-0.3, -0.25) is 0 Å². The molecule has 3 heteroatoms. The van der Waals surface area contributed by atoms with Crippen molar-refractivity contribution in [3.05, 3.63) is 20.8 Å². The van der Waals surface area contributed by atoms with Crippen LogP contribution in [-0.2, 0) is 6.42 Å². The lowest BCUT2D eigenvalue weighted by Crippen LogP contribution is -1.98. The Kier molecular flexibility index (Phi) is 4.10. The summed E-state index contributed by atoms with van der Waals surface area (Å²) in [5.74, 6) is 0.727. The highest BCUT2D eigenvalue weighted by Gasteiger charge is 2.05. The van der Waals surface area contributed by atoms with Crippen molar-refractivity contribution in [3.8, 4) is 0 Å². The molecule has 0 spiro atoms. The first-order valence-corrected chi connectivity index (χ1v) is 6.31. The first kappa shape index (κ1) is 9.75. The molecule has 0 radical (unpaired) electrons. The van der Waals surface area contributed by atoms with E-state index in [9.17, 15) is 0 Å². The first-order chi connectivity index (χ1) is 5.24. The molecule has 0 saturated carbocycles. The zero-order valence-corrected chi connectivity index (χ0v) is 10.3. The summed E-state index contributed by atoms with van der Waals surface area (Å²) in [5.41, 5.74) is 0. The van der Waals surface area contributed by atoms with Crippen LogP contribution in [-0.4, -0.2) is 5.33 Å². The molecule has 0 aliphatic rings. The van der Waals surface area contributed by atoms with Crippen LogP contribution in [0.3, 0.4) is 0 Å². The minimum absolute atomic E-state index is 0.727. The molecular formula is C8H10Br2S. The van der Waals surface area contributed by atoms with Gasteiger partial charge in [0.15, 0.2) is 0 Å². The molecule has 1 atom stereocenters. The van der Waals surface area contributed by atoms with Crippen molar-refractivity contribution in [3.63, 3.8) is 0 Å². The van der Waals surface area contributed by atoms with E-state index < -0.39 is 0 Å². The van der Waals surface area contributed by atoms with Gasteiger partial charge in [0, 0.05) is 14.7 Å². The average molecular weight is 298 g/mol. The average Bonchev–Trinajstić information content (AvgIpc) is 2.37. The third-order valence-electron chi connectivity index (χ3n) is 1.49. The molecule has 1 heterocycles. The van der Waals surface area contributed by atoms with Crippen molar-refractivity contribution in [1.82, 2.24) is 0 Å². The predicted octanol–water partition coefficient (Wildman–Crippen LogP) is 4.08. The van der Waals surface area contributed by atoms with Crippen LogP contribution < -0.4 is 0 Å². The minimum atomic E-state index is 0.727. The second kappa shape index (κ2) is 4.63. The molecule has 0 amide bonds. The summed E-state index contributed by atoms with van der Waals surface area (Å²) in [7, 11) is 0. The van der Waals surface area contributed by atoms with Crippen LogP contribution in [0, 0.1) is 5.92 Å². The van der Waals surface area contributed by atoms with Crippen molar-refractivity contribution < 1.29 is 0 Å². The summed E-state index contributed by atoms with van der Waals surface area (Å²) in [6.45, 7) is 2.25. The van der Waals surface area contributed by atoms with E-state index in [-0.39, 0.29) is 0 Å². The fourth-order valence-electron chi connectivity index (χ4n) is 0.842. The van der Waals surface area contributed by atoms with Gasteiger partial charge >= 0.3 is 0 Å². The Hall–Kier alpha value is 0.660. The largest absolute Gasteiger partial charge is 0.148 e. The Labute approximate surface area is 88.3 Å². The van der Waals surface area contributed by atoms with Crippen LogP contribution in [0.5, 0.6) is 0 Å². The van der Waals surface area contributed by atoms with Crippen LogP contribution in [0.25, 0.3) is 0 Å². The van der Waals surface area contributed by atoms with E-state index in [0.29, 0.717) is 0 Å². The van der Waals surface area contributed by atoms with E-state index in [0.717, 1.165) is 11.2 Å². The van der Waals surface area contributed by atoms with Crippen molar-refractivity contribution in [2.24, 2.45) is 5.92 Å². The number of thiophene rings is 1. The predicted molar refractivity (Wildman–Crippen MR) is 58.7 cm³/mol. The summed E-state index contributed by atoms with van der Waals surface area (Å²) in [4.78, 5) is 1.46. The molecule has 1 rings (SSSR count). The number of halogens is 2. The zero-order valence-electron chi connectivity index (χ0n) is 6.31. The Morgan fingerprint density at radius 1 is 1.64 bits per heavy atom. The Morgan fingerprint density at radius 3 is 2.82 bits per heavy atom. The van der Waals surface area contributed by atoms with Gasteiger partial charge < -0.3 is 0 Å². The molecule has 0 nitrogen and oxygen atoms in total. The third-order valence-corrected chi connectivity index (χ3v) is 4.54. The summed E-state index contributed by atoms with van der Waals surface area (Å²) < 4.78 is 1.26. The Balaban J connectivity index is 2.56. The number of alkyl halides is 1. The maximum Gasteiger partial charge on any atom is 0.0314 e. The molecule has 1 unspecified atom stereocenters. The van der Waals surface area contributed by atoms with Gasteiger partial charge in [-0.1, -0.05) is 22.9 Å². The van der Waals surface area contributed by atoms with E-state index >= 15 is 0 Å². The zero-order chi connectivity index (χ0) is 8.27. The maximum absolute atomic E-state index is 3.52. The van der Waals surface area contributed by atoms with Crippen molar-refractivity contribution in [2.45, 2.75) is 13.3 Å². The SMILES string of the molecule is CC(CBr)Cc1sccc1Br. The van der Waals surface area contributed by atoms with Crippen LogP contribution in [0.15, 0.2) is 15.9 Å². The highest BCUT2D eigenvalue weighted by atomic mass is 79.9. The quantitative estimate of drug-likeness (QED) is 0.737. The van der Waals surface area contributed by atoms with Crippen molar-refractivity contribution >= 4 is 43.2 Å². The van der Waals surface area contributed by atoms with Crippen LogP contribution in [0.1, 0.15) is 11.8 Å². The second-order valence-corrected chi connectivity index (χ2v) is 5.16. The fourth-order valence-corrected chi connectivity index (χ4v) is 2.75. The number of rotatable bonds is 3. The molecule has 0 aliphatic carbocycles. The number of hydrogen-bond donors (Lipinski definition) is 0. The standard InChI is InChI=1S/C8H10Br2S/c1-6(5-9)4-8-7(10)2-3-11-8/h2-3,6H,4-5H2,1H3. The Bertz CT molecular complexity index is 220. The van der Waals surface area contributed by atoms with Crippen molar-refractivity contribution in [1.29, 1.82) is 0 Å². The van der Waals surface area contributed by atoms with E-state index in [2.05, 4.69) is 50.2 Å². The summed E-state index contributed by atoms with van der Waals surface area (Å²) in [6.07, 6.45) is 1.17. The van der Waals surface area contributed by atoms with E-state index in [4.69, 9.17) is 0 Å². The normalized spacial score (nSPS) is 13.4. The lowest BCUT2D eigenvalue weighted by molar-refractivity contribution is 0.669. The molecule has 1 aromatic rings. The van der Waals surface area contributed by atoms with Gasteiger partial charge in [0.25, 0.3) is 0 Å². The van der Waals surface area contributed by atoms with Gasteiger partial charge in [-0.15, -0.1) is 11.3 Å². The smallest absolute Gasteiger partial charge is 0.0314 e. The van der Waals surface area contributed by atoms with Gasteiger partial charge in [0.05, 0.1) is 0 Å². The highest BCUT2D eigenvalue weighted by Crippen LogP contribution is 2.25. The number of hydrogen-bond acceptors (Lipinski definition) is 1. The van der Waals surface area contributed by atoms with Gasteiger partial charge in [-0.2, -0.15) is 0 Å². The van der Waals surface area contributed by atoms with Crippen LogP contribution in [0.2, 0.25) is 0 Å². The van der Waals surface area contributed by atoms with Gasteiger partial charge in [-0.05, 0) is 39.7 Å². The fraction of sp³-hybridized carbons (Fsp3) is 0.500. The molecule has 62 valence electrons. The lowest BCUT2D eigenvalue weighted by atomic mass is 10.1. The maximum atomic E-state index is 3.52. The monoisotopic (exact) mass is 296 g/mol. The first-order valence-electron chi connectivity index (χ1n) is 3.52. The minimum Gasteiger partial charge on any atom is -0.148 e. The van der Waals surface area contributed by atoms with Crippen LogP contribution in [0.4, 0.5) is 0 Å². The summed E-state index contributed by atoms with van der Waals surface area (Å²) in [5, 5.41) is 3.21. The molecule has 0 aliphatic heterocycles. The molecule has 11 heavy (non-hydrogen) atoms. The molecule has 0 aromatic carbocycles. The van der Waals surface area contributed by atoms with Gasteiger partial charge in [0.1, 0.15) is 0 Å². The molecule has 0 N–H and O–H groups in total. The van der Waals surface area contributed by atoms with Gasteiger partial charge in [-0.25, -0.2) is 0 Å². The summed E-state index contributed by atoms with van der Waals surface area (Å²) in [6, 6.07) is 2.11. The second-order valence-electron chi connectivity index (χ2n) is 2.66. The highest BCUT2D eigenvalue weighted by molar-refractivity contribution is 9.10. The lowest BCUT2D eigenvalue weighted by Gasteiger charge is -2.04. The van der Waals surface area contributed by atoms with Crippen LogP contribution >= 0.6 is 43.2 Å². The topological polar surface area (TPSA) is 0 Å². The molecular weight excluding hydrogens is 288 g/mol. The van der Waals surface area contributed by atoms with E-state index in [1.807, 2.05) is 11.3 Å². The molecule has 0 fully saturated rings. The van der Waals surface area contributed by atoms with Gasteiger partial charge in [0.2, 0.25) is 0 Å². The Morgan fingerprint density at radius 2 is 2.36 bits per heavy atom. The van der Waals surface area contributed by atoms with Crippen molar-refractivity contribution in [2.75, 3.05) is 5.33 Å². The molecule has 0 bridgehead atoms.